The normalized spacial score (nSPS) is 11.8. The first-order valence-corrected chi connectivity index (χ1v) is 5.42. The Kier molecular flexibility index (Phi) is 2.08. The van der Waals surface area contributed by atoms with Gasteiger partial charge in [0.25, 0.3) is 0 Å². The summed E-state index contributed by atoms with van der Waals surface area (Å²) in [6.45, 7) is 0. The SMILES string of the molecule is O=Cc1cccc2c(S(=O)(=O)F)c[nH]c12. The van der Waals surface area contributed by atoms with E-state index in [0.717, 1.165) is 6.20 Å². The summed E-state index contributed by atoms with van der Waals surface area (Å²) in [7, 11) is -4.76. The van der Waals surface area contributed by atoms with E-state index in [1.165, 1.54) is 18.2 Å². The van der Waals surface area contributed by atoms with Crippen LogP contribution in [0.25, 0.3) is 10.9 Å². The number of benzene rings is 1. The standard InChI is InChI=1S/C9H6FNO3S/c10-15(13,14)8-4-11-9-6(5-12)2-1-3-7(8)9/h1-5,11H. The average molecular weight is 227 g/mol. The van der Waals surface area contributed by atoms with E-state index >= 15 is 0 Å². The minimum Gasteiger partial charge on any atom is -0.359 e. The Balaban J connectivity index is 2.89. The second kappa shape index (κ2) is 3.16. The summed E-state index contributed by atoms with van der Waals surface area (Å²) in [5.41, 5.74) is 0.617. The molecule has 1 aromatic heterocycles. The number of hydrogen-bond donors (Lipinski definition) is 1. The minimum atomic E-state index is -4.76. The topological polar surface area (TPSA) is 67.0 Å². The molecule has 1 N–H and O–H groups in total. The van der Waals surface area contributed by atoms with Crippen molar-refractivity contribution in [3.05, 3.63) is 30.0 Å². The van der Waals surface area contributed by atoms with Gasteiger partial charge in [0.1, 0.15) is 4.90 Å². The second-order valence-electron chi connectivity index (χ2n) is 2.98. The van der Waals surface area contributed by atoms with Gasteiger partial charge in [0, 0.05) is 17.1 Å². The predicted octanol–water partition coefficient (Wildman–Crippen LogP) is 1.64. The van der Waals surface area contributed by atoms with Crippen LogP contribution in [-0.2, 0) is 10.2 Å². The molecule has 0 saturated heterocycles. The molecule has 0 fully saturated rings. The van der Waals surface area contributed by atoms with Crippen molar-refractivity contribution in [2.45, 2.75) is 4.90 Å². The van der Waals surface area contributed by atoms with Crippen molar-refractivity contribution in [3.63, 3.8) is 0 Å². The first-order chi connectivity index (χ1) is 7.04. The summed E-state index contributed by atoms with van der Waals surface area (Å²) in [6.07, 6.45) is 1.61. The van der Waals surface area contributed by atoms with Crippen LogP contribution in [0.5, 0.6) is 0 Å². The number of fused-ring (bicyclic) bond motifs is 1. The van der Waals surface area contributed by atoms with Gasteiger partial charge in [-0.15, -0.1) is 3.89 Å². The van der Waals surface area contributed by atoms with Crippen molar-refractivity contribution in [1.29, 1.82) is 0 Å². The molecule has 0 saturated carbocycles. The number of carbonyl (C=O) groups excluding carboxylic acids is 1. The number of aromatic nitrogens is 1. The van der Waals surface area contributed by atoms with Gasteiger partial charge in [-0.05, 0) is 6.07 Å². The summed E-state index contributed by atoms with van der Waals surface area (Å²) in [5.74, 6) is 0. The van der Waals surface area contributed by atoms with E-state index in [0.29, 0.717) is 17.4 Å². The Hall–Kier alpha value is -1.69. The lowest BCUT2D eigenvalue weighted by Crippen LogP contribution is -1.89. The van der Waals surface area contributed by atoms with Crippen molar-refractivity contribution < 1.29 is 17.1 Å². The number of aromatic amines is 1. The summed E-state index contributed by atoms with van der Waals surface area (Å²) in [6, 6.07) is 4.44. The summed E-state index contributed by atoms with van der Waals surface area (Å²) in [4.78, 5) is 12.7. The van der Waals surface area contributed by atoms with E-state index in [2.05, 4.69) is 4.98 Å². The molecule has 0 amide bonds. The number of halogens is 1. The Morgan fingerprint density at radius 2 is 2.07 bits per heavy atom. The lowest BCUT2D eigenvalue weighted by atomic mass is 10.2. The fourth-order valence-electron chi connectivity index (χ4n) is 1.45. The van der Waals surface area contributed by atoms with Gasteiger partial charge in [0.05, 0.1) is 5.52 Å². The fraction of sp³-hybridized carbons (Fsp3) is 0. The highest BCUT2D eigenvalue weighted by Crippen LogP contribution is 2.25. The molecule has 78 valence electrons. The molecule has 0 radical (unpaired) electrons. The van der Waals surface area contributed by atoms with Gasteiger partial charge in [-0.1, -0.05) is 12.1 Å². The van der Waals surface area contributed by atoms with Gasteiger partial charge < -0.3 is 4.98 Å². The maximum Gasteiger partial charge on any atom is 0.334 e. The molecule has 0 atom stereocenters. The first kappa shape index (κ1) is 9.85. The molecule has 2 aromatic rings. The van der Waals surface area contributed by atoms with Crippen molar-refractivity contribution in [2.75, 3.05) is 0 Å². The van der Waals surface area contributed by atoms with Crippen molar-refractivity contribution in [2.24, 2.45) is 0 Å². The van der Waals surface area contributed by atoms with Gasteiger partial charge in [0.15, 0.2) is 6.29 Å². The van der Waals surface area contributed by atoms with Gasteiger partial charge in [-0.2, -0.15) is 8.42 Å². The molecule has 0 aliphatic heterocycles. The van der Waals surface area contributed by atoms with Gasteiger partial charge in [-0.3, -0.25) is 4.79 Å². The van der Waals surface area contributed by atoms with Crippen LogP contribution in [-0.4, -0.2) is 19.7 Å². The molecule has 4 nitrogen and oxygen atoms in total. The smallest absolute Gasteiger partial charge is 0.334 e. The largest absolute Gasteiger partial charge is 0.359 e. The number of carbonyl (C=O) groups is 1. The number of nitrogens with one attached hydrogen (secondary N) is 1. The Bertz CT molecular complexity index is 630. The van der Waals surface area contributed by atoms with E-state index in [-0.39, 0.29) is 5.39 Å². The lowest BCUT2D eigenvalue weighted by Gasteiger charge is -1.94. The van der Waals surface area contributed by atoms with Gasteiger partial charge >= 0.3 is 10.2 Å². The number of H-pyrrole nitrogens is 1. The van der Waals surface area contributed by atoms with Crippen molar-refractivity contribution in [3.8, 4) is 0 Å². The maximum atomic E-state index is 12.8. The molecule has 0 bridgehead atoms. The molecule has 1 heterocycles. The zero-order chi connectivity index (χ0) is 11.1. The summed E-state index contributed by atoms with van der Waals surface area (Å²) >= 11 is 0. The molecule has 0 spiro atoms. The highest BCUT2D eigenvalue weighted by Gasteiger charge is 2.18. The number of para-hydroxylation sites is 1. The van der Waals surface area contributed by atoms with Crippen LogP contribution in [0.3, 0.4) is 0 Å². The zero-order valence-electron chi connectivity index (χ0n) is 7.40. The molecule has 0 aliphatic rings. The third-order valence-electron chi connectivity index (χ3n) is 2.10. The zero-order valence-corrected chi connectivity index (χ0v) is 8.21. The monoisotopic (exact) mass is 227 g/mol. The molecule has 0 unspecified atom stereocenters. The first-order valence-electron chi connectivity index (χ1n) is 4.04. The Morgan fingerprint density at radius 3 is 2.67 bits per heavy atom. The molecule has 6 heteroatoms. The Labute approximate surface area is 84.9 Å². The molecule has 2 rings (SSSR count). The van der Waals surface area contributed by atoms with Gasteiger partial charge in [-0.25, -0.2) is 0 Å². The van der Waals surface area contributed by atoms with Crippen molar-refractivity contribution in [1.82, 2.24) is 4.98 Å². The number of aldehydes is 1. The van der Waals surface area contributed by atoms with Crippen LogP contribution in [0, 0.1) is 0 Å². The molecule has 0 aliphatic carbocycles. The minimum absolute atomic E-state index is 0.183. The Morgan fingerprint density at radius 1 is 1.33 bits per heavy atom. The average Bonchev–Trinajstić information content (AvgIpc) is 2.59. The maximum absolute atomic E-state index is 12.8. The van der Waals surface area contributed by atoms with Gasteiger partial charge in [0.2, 0.25) is 0 Å². The molecular weight excluding hydrogens is 221 g/mol. The molecule has 1 aromatic carbocycles. The number of hydrogen-bond acceptors (Lipinski definition) is 3. The van der Waals surface area contributed by atoms with Crippen LogP contribution < -0.4 is 0 Å². The van der Waals surface area contributed by atoms with Crippen LogP contribution >= 0.6 is 0 Å². The lowest BCUT2D eigenvalue weighted by molar-refractivity contribution is 0.112. The van der Waals surface area contributed by atoms with Crippen molar-refractivity contribution >= 4 is 27.4 Å². The number of rotatable bonds is 2. The second-order valence-corrected chi connectivity index (χ2v) is 4.29. The molecular formula is C9H6FNO3S. The fourth-order valence-corrected chi connectivity index (χ4v) is 2.08. The summed E-state index contributed by atoms with van der Waals surface area (Å²) in [5, 5.41) is 0.183. The third-order valence-corrected chi connectivity index (χ3v) is 2.96. The highest BCUT2D eigenvalue weighted by atomic mass is 32.3. The quantitative estimate of drug-likeness (QED) is 0.626. The van der Waals surface area contributed by atoms with E-state index in [1.807, 2.05) is 0 Å². The predicted molar refractivity (Wildman–Crippen MR) is 52.0 cm³/mol. The van der Waals surface area contributed by atoms with E-state index in [1.54, 1.807) is 0 Å². The molecule has 15 heavy (non-hydrogen) atoms. The highest BCUT2D eigenvalue weighted by molar-refractivity contribution is 7.86. The van der Waals surface area contributed by atoms with Crippen LogP contribution in [0.4, 0.5) is 3.89 Å². The third kappa shape index (κ3) is 1.52. The van der Waals surface area contributed by atoms with Crippen LogP contribution in [0.15, 0.2) is 29.3 Å². The van der Waals surface area contributed by atoms with Crippen LogP contribution in [0.2, 0.25) is 0 Å². The summed E-state index contributed by atoms with van der Waals surface area (Å²) < 4.78 is 34.2. The van der Waals surface area contributed by atoms with Crippen LogP contribution in [0.1, 0.15) is 10.4 Å². The van der Waals surface area contributed by atoms with E-state index in [9.17, 15) is 17.1 Å². The van der Waals surface area contributed by atoms with E-state index in [4.69, 9.17) is 0 Å². The van der Waals surface area contributed by atoms with E-state index < -0.39 is 15.1 Å².